The fourth-order valence-electron chi connectivity index (χ4n) is 1.77. The third-order valence-electron chi connectivity index (χ3n) is 2.75. The molecule has 2 aromatic heterocycles. The van der Waals surface area contributed by atoms with E-state index in [9.17, 15) is 4.79 Å². The van der Waals surface area contributed by atoms with Crippen molar-refractivity contribution in [2.45, 2.75) is 33.2 Å². The molecule has 0 atom stereocenters. The van der Waals surface area contributed by atoms with Gasteiger partial charge in [-0.2, -0.15) is 5.10 Å². The fraction of sp³-hybridized carbons (Fsp3) is 0.417. The summed E-state index contributed by atoms with van der Waals surface area (Å²) in [5, 5.41) is 13.4. The minimum atomic E-state index is -1.04. The maximum absolute atomic E-state index is 11.1. The van der Waals surface area contributed by atoms with Crippen molar-refractivity contribution >= 4 is 5.97 Å². The summed E-state index contributed by atoms with van der Waals surface area (Å²) in [4.78, 5) is 23.2. The Bertz CT molecular complexity index is 594. The van der Waals surface area contributed by atoms with Crippen molar-refractivity contribution in [1.29, 1.82) is 0 Å². The van der Waals surface area contributed by atoms with Gasteiger partial charge >= 0.3 is 5.97 Å². The number of hydrogen-bond donors (Lipinski definition) is 1. The Labute approximate surface area is 110 Å². The van der Waals surface area contributed by atoms with E-state index in [1.165, 1.54) is 12.5 Å². The second-order valence-corrected chi connectivity index (χ2v) is 4.00. The topological polar surface area (TPSA) is 93.8 Å². The summed E-state index contributed by atoms with van der Waals surface area (Å²) < 4.78 is 1.70. The van der Waals surface area contributed by atoms with Crippen molar-refractivity contribution in [2.75, 3.05) is 0 Å². The Morgan fingerprint density at radius 3 is 2.79 bits per heavy atom. The van der Waals surface area contributed by atoms with Crippen LogP contribution in [0.4, 0.5) is 0 Å². The first-order valence-corrected chi connectivity index (χ1v) is 6.10. The average Bonchev–Trinajstić information content (AvgIpc) is 2.81. The zero-order valence-electron chi connectivity index (χ0n) is 10.9. The highest BCUT2D eigenvalue weighted by Gasteiger charge is 2.14. The van der Waals surface area contributed by atoms with Crippen LogP contribution in [0, 0.1) is 0 Å². The normalized spacial score (nSPS) is 10.6. The van der Waals surface area contributed by atoms with Crippen molar-refractivity contribution in [3.63, 3.8) is 0 Å². The van der Waals surface area contributed by atoms with Gasteiger partial charge in [0.1, 0.15) is 17.7 Å². The number of carbonyl (C=O) groups is 1. The number of aromatic carboxylic acids is 1. The van der Waals surface area contributed by atoms with Crippen LogP contribution in [0.2, 0.25) is 0 Å². The Hall–Kier alpha value is -2.31. The van der Waals surface area contributed by atoms with E-state index in [-0.39, 0.29) is 5.56 Å². The summed E-state index contributed by atoms with van der Waals surface area (Å²) >= 11 is 0. The van der Waals surface area contributed by atoms with Gasteiger partial charge in [-0.05, 0) is 0 Å². The molecule has 0 fully saturated rings. The fourth-order valence-corrected chi connectivity index (χ4v) is 1.77. The molecule has 0 aliphatic carbocycles. The summed E-state index contributed by atoms with van der Waals surface area (Å²) in [5.74, 6) is 0.541. The Morgan fingerprint density at radius 1 is 1.37 bits per heavy atom. The van der Waals surface area contributed by atoms with Crippen molar-refractivity contribution in [3.05, 3.63) is 35.4 Å². The smallest absolute Gasteiger partial charge is 0.339 e. The predicted octanol–water partition coefficient (Wildman–Crippen LogP) is 0.939. The van der Waals surface area contributed by atoms with E-state index in [0.29, 0.717) is 12.2 Å². The van der Waals surface area contributed by atoms with Crippen molar-refractivity contribution < 1.29 is 9.90 Å². The lowest BCUT2D eigenvalue weighted by molar-refractivity contribution is 0.0694. The van der Waals surface area contributed by atoms with Crippen LogP contribution >= 0.6 is 0 Å². The Balaban J connectivity index is 2.35. The molecular formula is C12H15N5O2. The molecule has 19 heavy (non-hydrogen) atoms. The highest BCUT2D eigenvalue weighted by molar-refractivity contribution is 5.88. The number of hydrogen-bond acceptors (Lipinski definition) is 5. The summed E-state index contributed by atoms with van der Waals surface area (Å²) in [7, 11) is 0. The third kappa shape index (κ3) is 2.75. The van der Waals surface area contributed by atoms with Gasteiger partial charge in [0, 0.05) is 19.0 Å². The summed E-state index contributed by atoms with van der Waals surface area (Å²) in [6.07, 6.45) is 4.12. The second kappa shape index (κ2) is 5.55. The standard InChI is InChI=1S/C12H15N5O2/c1-3-10-15-11(4-2)17(16-10)6-9-8(12(18)19)5-13-7-14-9/h5,7H,3-4,6H2,1-2H3,(H,18,19). The first-order chi connectivity index (χ1) is 9.15. The van der Waals surface area contributed by atoms with Crippen LogP contribution < -0.4 is 0 Å². The van der Waals surface area contributed by atoms with Gasteiger partial charge in [-0.3, -0.25) is 0 Å². The predicted molar refractivity (Wildman–Crippen MR) is 66.9 cm³/mol. The van der Waals surface area contributed by atoms with Crippen LogP contribution in [0.15, 0.2) is 12.5 Å². The third-order valence-corrected chi connectivity index (χ3v) is 2.75. The molecule has 0 radical (unpaired) electrons. The largest absolute Gasteiger partial charge is 0.478 e. The Kier molecular flexibility index (Phi) is 3.84. The molecule has 7 heteroatoms. The maximum Gasteiger partial charge on any atom is 0.339 e. The lowest BCUT2D eigenvalue weighted by Crippen LogP contribution is -2.13. The molecule has 100 valence electrons. The second-order valence-electron chi connectivity index (χ2n) is 4.00. The van der Waals surface area contributed by atoms with Crippen LogP contribution in [0.1, 0.15) is 41.5 Å². The lowest BCUT2D eigenvalue weighted by atomic mass is 10.2. The molecule has 0 bridgehead atoms. The molecule has 0 saturated carbocycles. The first kappa shape index (κ1) is 13.1. The van der Waals surface area contributed by atoms with Gasteiger partial charge in [0.2, 0.25) is 0 Å². The minimum Gasteiger partial charge on any atom is -0.478 e. The molecule has 0 aliphatic heterocycles. The highest BCUT2D eigenvalue weighted by Crippen LogP contribution is 2.08. The van der Waals surface area contributed by atoms with Gasteiger partial charge in [-0.25, -0.2) is 24.4 Å². The van der Waals surface area contributed by atoms with Gasteiger partial charge in [-0.1, -0.05) is 13.8 Å². The van der Waals surface area contributed by atoms with Gasteiger partial charge in [0.25, 0.3) is 0 Å². The van der Waals surface area contributed by atoms with Gasteiger partial charge in [0.15, 0.2) is 5.82 Å². The number of nitrogens with zero attached hydrogens (tertiary/aromatic N) is 5. The van der Waals surface area contributed by atoms with E-state index < -0.39 is 5.97 Å². The van der Waals surface area contributed by atoms with E-state index in [0.717, 1.165) is 24.5 Å². The number of aromatic nitrogens is 5. The number of rotatable bonds is 5. The molecule has 2 heterocycles. The van der Waals surface area contributed by atoms with Crippen LogP contribution in [-0.2, 0) is 19.4 Å². The molecule has 1 N–H and O–H groups in total. The van der Waals surface area contributed by atoms with Crippen LogP contribution in [0.25, 0.3) is 0 Å². The molecular weight excluding hydrogens is 246 g/mol. The van der Waals surface area contributed by atoms with Crippen molar-refractivity contribution in [1.82, 2.24) is 24.7 Å². The number of carboxylic acids is 1. The SMILES string of the molecule is CCc1nc(CC)n(Cc2ncncc2C(=O)O)n1. The average molecular weight is 261 g/mol. The molecule has 2 rings (SSSR count). The monoisotopic (exact) mass is 261 g/mol. The quantitative estimate of drug-likeness (QED) is 0.860. The highest BCUT2D eigenvalue weighted by atomic mass is 16.4. The van der Waals surface area contributed by atoms with Gasteiger partial charge < -0.3 is 5.11 Å². The van der Waals surface area contributed by atoms with Crippen LogP contribution in [0.3, 0.4) is 0 Å². The molecule has 7 nitrogen and oxygen atoms in total. The van der Waals surface area contributed by atoms with Gasteiger partial charge in [0.05, 0.1) is 12.2 Å². The van der Waals surface area contributed by atoms with Gasteiger partial charge in [-0.15, -0.1) is 0 Å². The summed E-state index contributed by atoms with van der Waals surface area (Å²) in [5.41, 5.74) is 0.530. The summed E-state index contributed by atoms with van der Waals surface area (Å²) in [6.45, 7) is 4.25. The number of carboxylic acid groups (broad SMARTS) is 1. The van der Waals surface area contributed by atoms with Crippen molar-refractivity contribution in [2.24, 2.45) is 0 Å². The van der Waals surface area contributed by atoms with Crippen LogP contribution in [0.5, 0.6) is 0 Å². The Morgan fingerprint density at radius 2 is 2.16 bits per heavy atom. The van der Waals surface area contributed by atoms with E-state index in [2.05, 4.69) is 20.1 Å². The molecule has 2 aromatic rings. The molecule has 0 unspecified atom stereocenters. The molecule has 0 aliphatic rings. The van der Waals surface area contributed by atoms with E-state index in [1.54, 1.807) is 4.68 Å². The minimum absolute atomic E-state index is 0.0955. The molecule has 0 saturated heterocycles. The van der Waals surface area contributed by atoms with Crippen LogP contribution in [-0.4, -0.2) is 35.8 Å². The van der Waals surface area contributed by atoms with E-state index in [1.807, 2.05) is 13.8 Å². The summed E-state index contributed by atoms with van der Waals surface area (Å²) in [6, 6.07) is 0. The molecule has 0 amide bonds. The molecule has 0 spiro atoms. The lowest BCUT2D eigenvalue weighted by Gasteiger charge is -2.06. The first-order valence-electron chi connectivity index (χ1n) is 6.10. The molecule has 0 aromatic carbocycles. The zero-order valence-corrected chi connectivity index (χ0v) is 10.9. The maximum atomic E-state index is 11.1. The van der Waals surface area contributed by atoms with E-state index in [4.69, 9.17) is 5.11 Å². The zero-order chi connectivity index (χ0) is 13.8. The van der Waals surface area contributed by atoms with E-state index >= 15 is 0 Å². The van der Waals surface area contributed by atoms with Crippen molar-refractivity contribution in [3.8, 4) is 0 Å². The number of aryl methyl sites for hydroxylation is 2.